The molecule has 1 aliphatic heterocycles. The molecule has 0 bridgehead atoms. The van der Waals surface area contributed by atoms with Crippen molar-refractivity contribution in [2.75, 3.05) is 6.54 Å². The Bertz CT molecular complexity index is 1110. The Balaban J connectivity index is 1.58. The van der Waals surface area contributed by atoms with Gasteiger partial charge in [-0.15, -0.1) is 0 Å². The quantitative estimate of drug-likeness (QED) is 0.542. The Hall–Kier alpha value is -2.94. The summed E-state index contributed by atoms with van der Waals surface area (Å²) in [4.78, 5) is 39.1. The number of fused-ring (bicyclic) bond motifs is 2. The molecule has 1 aromatic carbocycles. The number of halogens is 2. The number of aromatic nitrogens is 2. The first-order chi connectivity index (χ1) is 14.7. The van der Waals surface area contributed by atoms with Crippen LogP contribution in [0.15, 0.2) is 29.8 Å². The van der Waals surface area contributed by atoms with Gasteiger partial charge in [-0.2, -0.15) is 10.2 Å². The molecule has 4 rings (SSSR count). The lowest BCUT2D eigenvalue weighted by Crippen LogP contribution is -2.48. The van der Waals surface area contributed by atoms with Crippen molar-refractivity contribution in [3.63, 3.8) is 0 Å². The number of allylic oxidation sites excluding steroid dienone is 1. The normalized spacial score (nSPS) is 21.7. The Morgan fingerprint density at radius 2 is 2.06 bits per heavy atom. The van der Waals surface area contributed by atoms with Crippen LogP contribution >= 0.6 is 11.6 Å². The van der Waals surface area contributed by atoms with E-state index in [-0.39, 0.29) is 41.8 Å². The number of nitrogens with two attached hydrogens (primary N) is 1. The van der Waals surface area contributed by atoms with Crippen LogP contribution in [-0.4, -0.2) is 56.2 Å². The first-order valence-electron chi connectivity index (χ1n) is 10.0. The molecule has 164 valence electrons. The number of benzene rings is 1. The summed E-state index contributed by atoms with van der Waals surface area (Å²) >= 11 is 6.08. The second kappa shape index (κ2) is 7.96. The highest BCUT2D eigenvalue weighted by Gasteiger charge is 2.56. The summed E-state index contributed by atoms with van der Waals surface area (Å²) in [5.41, 5.74) is 6.84. The van der Waals surface area contributed by atoms with Gasteiger partial charge in [0.25, 0.3) is 11.8 Å². The minimum atomic E-state index is -0.840. The van der Waals surface area contributed by atoms with Crippen LogP contribution in [0.1, 0.15) is 37.2 Å². The largest absolute Gasteiger partial charge is 0.364 e. The van der Waals surface area contributed by atoms with Gasteiger partial charge in [0.2, 0.25) is 5.91 Å². The van der Waals surface area contributed by atoms with Gasteiger partial charge in [-0.1, -0.05) is 27.7 Å². The van der Waals surface area contributed by atoms with Crippen LogP contribution in [0, 0.1) is 5.92 Å². The Labute approximate surface area is 183 Å². The summed E-state index contributed by atoms with van der Waals surface area (Å²) in [6.07, 6.45) is 2.86. The van der Waals surface area contributed by atoms with Gasteiger partial charge in [-0.25, -0.2) is 0 Å². The summed E-state index contributed by atoms with van der Waals surface area (Å²) in [6.45, 7) is 3.27. The van der Waals surface area contributed by atoms with Crippen molar-refractivity contribution in [2.24, 2.45) is 11.7 Å². The SMILES string of the molecule is CC(C)=CCN(F)C(=O)[C@@H]1C[C@H]2C[C@H]2N1C(=O)Cn1nc(C(N)=O)c2ccc(Cl)cc21. The smallest absolute Gasteiger partial charge is 0.273 e. The molecule has 1 aliphatic carbocycles. The van der Waals surface area contributed by atoms with E-state index in [1.54, 1.807) is 24.3 Å². The Kier molecular flexibility index (Phi) is 5.47. The number of carbonyl (C=O) groups is 3. The molecule has 3 atom stereocenters. The number of likely N-dealkylation sites (tertiary alicyclic amines) is 1. The van der Waals surface area contributed by atoms with Crippen LogP contribution in [-0.2, 0) is 16.1 Å². The number of amides is 3. The molecule has 2 N–H and O–H groups in total. The van der Waals surface area contributed by atoms with Crippen LogP contribution in [0.5, 0.6) is 0 Å². The maximum atomic E-state index is 14.4. The number of piperidine rings is 1. The highest BCUT2D eigenvalue weighted by atomic mass is 35.5. The highest BCUT2D eigenvalue weighted by Crippen LogP contribution is 2.48. The molecule has 1 saturated carbocycles. The first kappa shape index (κ1) is 21.3. The fourth-order valence-corrected chi connectivity index (χ4v) is 4.38. The molecule has 2 aromatic rings. The third kappa shape index (κ3) is 4.01. The van der Waals surface area contributed by atoms with Gasteiger partial charge < -0.3 is 10.6 Å². The molecule has 2 fully saturated rings. The van der Waals surface area contributed by atoms with Gasteiger partial charge in [-0.3, -0.25) is 19.1 Å². The molecule has 3 amide bonds. The van der Waals surface area contributed by atoms with Crippen molar-refractivity contribution in [1.29, 1.82) is 0 Å². The molecule has 0 radical (unpaired) electrons. The first-order valence-corrected chi connectivity index (χ1v) is 10.4. The van der Waals surface area contributed by atoms with Gasteiger partial charge in [0.1, 0.15) is 12.6 Å². The van der Waals surface area contributed by atoms with Crippen molar-refractivity contribution in [3.8, 4) is 0 Å². The summed E-state index contributed by atoms with van der Waals surface area (Å²) in [7, 11) is 0. The lowest BCUT2D eigenvalue weighted by atomic mass is 10.1. The molecule has 0 spiro atoms. The Morgan fingerprint density at radius 1 is 1.32 bits per heavy atom. The van der Waals surface area contributed by atoms with Gasteiger partial charge in [0.05, 0.1) is 12.1 Å². The lowest BCUT2D eigenvalue weighted by molar-refractivity contribution is -0.155. The number of hydrogen-bond acceptors (Lipinski definition) is 4. The van der Waals surface area contributed by atoms with Crippen LogP contribution in [0.4, 0.5) is 4.48 Å². The molecule has 1 saturated heterocycles. The zero-order valence-electron chi connectivity index (χ0n) is 17.2. The summed E-state index contributed by atoms with van der Waals surface area (Å²) in [6, 6.07) is 3.91. The van der Waals surface area contributed by atoms with E-state index in [0.717, 1.165) is 12.0 Å². The number of hydrogen-bond donors (Lipinski definition) is 1. The van der Waals surface area contributed by atoms with E-state index in [0.29, 0.717) is 22.3 Å². The maximum Gasteiger partial charge on any atom is 0.273 e. The number of carbonyl (C=O) groups excluding carboxylic acids is 3. The number of nitrogens with zero attached hydrogens (tertiary/aromatic N) is 4. The lowest BCUT2D eigenvalue weighted by Gasteiger charge is -2.28. The molecule has 8 nitrogen and oxygen atoms in total. The van der Waals surface area contributed by atoms with Crippen LogP contribution in [0.2, 0.25) is 5.02 Å². The second-order valence-corrected chi connectivity index (χ2v) is 8.75. The van der Waals surface area contributed by atoms with Crippen LogP contribution in [0.3, 0.4) is 0 Å². The number of primary amides is 1. The summed E-state index contributed by atoms with van der Waals surface area (Å²) in [5, 5.41) is 5.26. The zero-order valence-corrected chi connectivity index (χ0v) is 18.0. The minimum Gasteiger partial charge on any atom is -0.364 e. The van der Waals surface area contributed by atoms with Crippen molar-refractivity contribution in [1.82, 2.24) is 19.8 Å². The van der Waals surface area contributed by atoms with E-state index in [4.69, 9.17) is 17.3 Å². The molecular weight excluding hydrogens is 425 g/mol. The standard InChI is InChI=1S/C21H23ClFN5O3/c1-11(2)5-6-26(23)21(31)17-8-12-7-15(12)28(17)18(29)10-27-16-9-13(22)3-4-14(16)19(25-27)20(24)30/h3-5,9,12,15,17H,6-8,10H2,1-2H3,(H2,24,30)/t12-,15-,17+/m1/s1. The average molecular weight is 448 g/mol. The van der Waals surface area contributed by atoms with E-state index in [1.165, 1.54) is 9.58 Å². The fourth-order valence-electron chi connectivity index (χ4n) is 4.21. The molecule has 2 heterocycles. The monoisotopic (exact) mass is 447 g/mol. The molecule has 2 aliphatic rings. The molecule has 0 unspecified atom stereocenters. The van der Waals surface area contributed by atoms with Gasteiger partial charge in [-0.05, 0) is 50.8 Å². The third-order valence-corrected chi connectivity index (χ3v) is 6.04. The topological polar surface area (TPSA) is 102 Å². The van der Waals surface area contributed by atoms with E-state index in [2.05, 4.69) is 5.10 Å². The maximum absolute atomic E-state index is 14.4. The van der Waals surface area contributed by atoms with Gasteiger partial charge >= 0.3 is 0 Å². The zero-order chi connectivity index (χ0) is 22.4. The second-order valence-electron chi connectivity index (χ2n) is 8.31. The van der Waals surface area contributed by atoms with Crippen LogP contribution in [0.25, 0.3) is 10.9 Å². The molecule has 31 heavy (non-hydrogen) atoms. The molecular formula is C21H23ClFN5O3. The number of rotatable bonds is 6. The highest BCUT2D eigenvalue weighted by molar-refractivity contribution is 6.31. The minimum absolute atomic E-state index is 0.0365. The van der Waals surface area contributed by atoms with Crippen LogP contribution < -0.4 is 5.73 Å². The summed E-state index contributed by atoms with van der Waals surface area (Å²) in [5.74, 6) is -1.59. The van der Waals surface area contributed by atoms with E-state index in [9.17, 15) is 18.9 Å². The van der Waals surface area contributed by atoms with Crippen molar-refractivity contribution >= 4 is 40.2 Å². The van der Waals surface area contributed by atoms with E-state index >= 15 is 0 Å². The van der Waals surface area contributed by atoms with Gasteiger partial charge in [0, 0.05) is 16.5 Å². The predicted octanol–water partition coefficient (Wildman–Crippen LogP) is 2.46. The summed E-state index contributed by atoms with van der Waals surface area (Å²) < 4.78 is 15.7. The van der Waals surface area contributed by atoms with E-state index in [1.807, 2.05) is 13.8 Å². The average Bonchev–Trinajstić information content (AvgIpc) is 3.22. The molecule has 1 aromatic heterocycles. The van der Waals surface area contributed by atoms with Crippen molar-refractivity contribution in [3.05, 3.63) is 40.6 Å². The third-order valence-electron chi connectivity index (χ3n) is 5.81. The predicted molar refractivity (Wildman–Crippen MR) is 113 cm³/mol. The molecule has 10 heteroatoms. The Morgan fingerprint density at radius 3 is 2.74 bits per heavy atom. The van der Waals surface area contributed by atoms with Crippen molar-refractivity contribution in [2.45, 2.75) is 45.3 Å². The van der Waals surface area contributed by atoms with Gasteiger partial charge in [0.15, 0.2) is 5.69 Å². The fraction of sp³-hybridized carbons (Fsp3) is 0.429. The van der Waals surface area contributed by atoms with E-state index < -0.39 is 17.9 Å². The van der Waals surface area contributed by atoms with Crippen molar-refractivity contribution < 1.29 is 18.9 Å².